The second-order valence-corrected chi connectivity index (χ2v) is 3.98. The molecule has 0 aliphatic heterocycles. The zero-order chi connectivity index (χ0) is 12.1. The Bertz CT molecular complexity index is 538. The number of allylic oxidation sites excluding steroid dienone is 1. The molecule has 0 spiro atoms. The van der Waals surface area contributed by atoms with Gasteiger partial charge >= 0.3 is 0 Å². The summed E-state index contributed by atoms with van der Waals surface area (Å²) in [6, 6.07) is 17.4. The van der Waals surface area contributed by atoms with Crippen molar-refractivity contribution < 1.29 is 4.79 Å². The first-order valence-electron chi connectivity index (χ1n) is 5.60. The van der Waals surface area contributed by atoms with E-state index in [1.54, 1.807) is 6.08 Å². The summed E-state index contributed by atoms with van der Waals surface area (Å²) in [4.78, 5) is 11.8. The molecule has 2 aromatic rings. The summed E-state index contributed by atoms with van der Waals surface area (Å²) in [7, 11) is 0. The summed E-state index contributed by atoms with van der Waals surface area (Å²) < 4.78 is 0. The Morgan fingerprint density at radius 3 is 2.47 bits per heavy atom. The molecule has 0 amide bonds. The normalized spacial score (nSPS) is 10.6. The highest BCUT2D eigenvalue weighted by atomic mass is 16.1. The van der Waals surface area contributed by atoms with Crippen LogP contribution in [0.2, 0.25) is 0 Å². The van der Waals surface area contributed by atoms with Gasteiger partial charge in [-0.05, 0) is 18.6 Å². The van der Waals surface area contributed by atoms with Crippen LogP contribution in [0, 0.1) is 6.92 Å². The van der Waals surface area contributed by atoms with Crippen LogP contribution in [-0.4, -0.2) is 5.78 Å². The van der Waals surface area contributed by atoms with E-state index in [9.17, 15) is 4.79 Å². The third-order valence-electron chi connectivity index (χ3n) is 2.53. The lowest BCUT2D eigenvalue weighted by molar-refractivity contribution is 0.104. The van der Waals surface area contributed by atoms with Crippen molar-refractivity contribution >= 4 is 11.9 Å². The molecule has 0 atom stereocenters. The van der Waals surface area contributed by atoms with Crippen molar-refractivity contribution in [3.63, 3.8) is 0 Å². The molecule has 0 aliphatic carbocycles. The van der Waals surface area contributed by atoms with Crippen molar-refractivity contribution in [3.05, 3.63) is 77.4 Å². The minimum Gasteiger partial charge on any atom is -0.289 e. The van der Waals surface area contributed by atoms with Crippen molar-refractivity contribution in [1.29, 1.82) is 0 Å². The minimum absolute atomic E-state index is 0.0344. The summed E-state index contributed by atoms with van der Waals surface area (Å²) in [5.74, 6) is 0.0344. The molecule has 0 saturated carbocycles. The lowest BCUT2D eigenvalue weighted by atomic mass is 10.1. The highest BCUT2D eigenvalue weighted by molar-refractivity contribution is 6.06. The van der Waals surface area contributed by atoms with E-state index in [4.69, 9.17) is 0 Å². The zero-order valence-corrected chi connectivity index (χ0v) is 9.76. The van der Waals surface area contributed by atoms with Crippen LogP contribution in [0.15, 0.2) is 60.7 Å². The summed E-state index contributed by atoms with van der Waals surface area (Å²) in [5, 5.41) is 0. The van der Waals surface area contributed by atoms with Crippen LogP contribution in [0.4, 0.5) is 0 Å². The Kier molecular flexibility index (Phi) is 3.51. The Morgan fingerprint density at radius 1 is 1.00 bits per heavy atom. The van der Waals surface area contributed by atoms with E-state index in [2.05, 4.69) is 6.07 Å². The molecule has 0 fully saturated rings. The molecule has 0 heterocycles. The van der Waals surface area contributed by atoms with Crippen LogP contribution in [0.3, 0.4) is 0 Å². The second kappa shape index (κ2) is 5.26. The first-order valence-corrected chi connectivity index (χ1v) is 5.60. The monoisotopic (exact) mass is 222 g/mol. The molecular weight excluding hydrogens is 208 g/mol. The quantitative estimate of drug-likeness (QED) is 0.568. The van der Waals surface area contributed by atoms with Gasteiger partial charge in [-0.2, -0.15) is 0 Å². The molecule has 0 aromatic heterocycles. The molecule has 0 unspecified atom stereocenters. The second-order valence-electron chi connectivity index (χ2n) is 3.98. The summed E-state index contributed by atoms with van der Waals surface area (Å²) in [5.41, 5.74) is 2.96. The van der Waals surface area contributed by atoms with Crippen LogP contribution in [-0.2, 0) is 0 Å². The van der Waals surface area contributed by atoms with Gasteiger partial charge in [-0.1, -0.05) is 66.2 Å². The smallest absolute Gasteiger partial charge is 0.185 e. The third-order valence-corrected chi connectivity index (χ3v) is 2.53. The number of aryl methyl sites for hydroxylation is 1. The van der Waals surface area contributed by atoms with Gasteiger partial charge in [0.1, 0.15) is 0 Å². The summed E-state index contributed by atoms with van der Waals surface area (Å²) in [6.45, 7) is 2.04. The molecule has 17 heavy (non-hydrogen) atoms. The van der Waals surface area contributed by atoms with Crippen molar-refractivity contribution in [3.8, 4) is 0 Å². The third kappa shape index (κ3) is 3.15. The average Bonchev–Trinajstić information content (AvgIpc) is 2.37. The molecule has 2 aromatic carbocycles. The van der Waals surface area contributed by atoms with Gasteiger partial charge < -0.3 is 0 Å². The molecule has 0 radical (unpaired) electrons. The van der Waals surface area contributed by atoms with E-state index in [0.717, 1.165) is 11.1 Å². The molecule has 84 valence electrons. The van der Waals surface area contributed by atoms with E-state index in [0.29, 0.717) is 0 Å². The predicted molar refractivity (Wildman–Crippen MR) is 71.0 cm³/mol. The molecule has 0 aliphatic rings. The molecule has 1 heteroatoms. The summed E-state index contributed by atoms with van der Waals surface area (Å²) in [6.07, 6.45) is 3.46. The van der Waals surface area contributed by atoms with Gasteiger partial charge in [0.25, 0.3) is 0 Å². The maximum Gasteiger partial charge on any atom is 0.185 e. The van der Waals surface area contributed by atoms with E-state index >= 15 is 0 Å². The highest BCUT2D eigenvalue weighted by Gasteiger charge is 1.99. The first kappa shape index (κ1) is 11.3. The van der Waals surface area contributed by atoms with Gasteiger partial charge in [-0.3, -0.25) is 4.79 Å². The van der Waals surface area contributed by atoms with Gasteiger partial charge in [0.2, 0.25) is 0 Å². The minimum atomic E-state index is 0.0344. The lowest BCUT2D eigenvalue weighted by Gasteiger charge is -1.96. The van der Waals surface area contributed by atoms with Crippen LogP contribution < -0.4 is 0 Å². The fourth-order valence-corrected chi connectivity index (χ4v) is 1.64. The number of benzene rings is 2. The SMILES string of the molecule is Cc1cccc(/C=C/C(=O)c2ccccc2)c1. The average molecular weight is 222 g/mol. The lowest BCUT2D eigenvalue weighted by Crippen LogP contribution is -1.92. The predicted octanol–water partition coefficient (Wildman–Crippen LogP) is 3.89. The van der Waals surface area contributed by atoms with Crippen LogP contribution in [0.1, 0.15) is 21.5 Å². The van der Waals surface area contributed by atoms with E-state index in [-0.39, 0.29) is 5.78 Å². The van der Waals surface area contributed by atoms with Crippen LogP contribution >= 0.6 is 0 Å². The first-order chi connectivity index (χ1) is 8.25. The molecule has 0 saturated heterocycles. The Labute approximate surface area is 101 Å². The fourth-order valence-electron chi connectivity index (χ4n) is 1.64. The Balaban J connectivity index is 2.14. The Hall–Kier alpha value is -2.15. The van der Waals surface area contributed by atoms with Crippen molar-refractivity contribution in [2.75, 3.05) is 0 Å². The van der Waals surface area contributed by atoms with E-state index in [1.807, 2.05) is 61.5 Å². The maximum atomic E-state index is 11.8. The largest absolute Gasteiger partial charge is 0.289 e. The molecular formula is C16H14O. The van der Waals surface area contributed by atoms with Gasteiger partial charge in [0.15, 0.2) is 5.78 Å². The fraction of sp³-hybridized carbons (Fsp3) is 0.0625. The number of ketones is 1. The van der Waals surface area contributed by atoms with E-state index in [1.165, 1.54) is 5.56 Å². The highest BCUT2D eigenvalue weighted by Crippen LogP contribution is 2.07. The van der Waals surface area contributed by atoms with Gasteiger partial charge in [0.05, 0.1) is 0 Å². The van der Waals surface area contributed by atoms with Crippen LogP contribution in [0.5, 0.6) is 0 Å². The Morgan fingerprint density at radius 2 is 1.76 bits per heavy atom. The number of hydrogen-bond acceptors (Lipinski definition) is 1. The van der Waals surface area contributed by atoms with Crippen molar-refractivity contribution in [1.82, 2.24) is 0 Å². The van der Waals surface area contributed by atoms with Crippen molar-refractivity contribution in [2.24, 2.45) is 0 Å². The van der Waals surface area contributed by atoms with Crippen LogP contribution in [0.25, 0.3) is 6.08 Å². The molecule has 1 nitrogen and oxygen atoms in total. The number of carbonyl (C=O) groups is 1. The number of hydrogen-bond donors (Lipinski definition) is 0. The molecule has 0 bridgehead atoms. The molecule has 0 N–H and O–H groups in total. The maximum absolute atomic E-state index is 11.8. The number of rotatable bonds is 3. The van der Waals surface area contributed by atoms with Gasteiger partial charge in [-0.25, -0.2) is 0 Å². The van der Waals surface area contributed by atoms with Gasteiger partial charge in [-0.15, -0.1) is 0 Å². The van der Waals surface area contributed by atoms with Crippen molar-refractivity contribution in [2.45, 2.75) is 6.92 Å². The molecule has 2 rings (SSSR count). The van der Waals surface area contributed by atoms with Gasteiger partial charge in [0, 0.05) is 5.56 Å². The van der Waals surface area contributed by atoms with E-state index < -0.39 is 0 Å². The zero-order valence-electron chi connectivity index (χ0n) is 9.76. The summed E-state index contributed by atoms with van der Waals surface area (Å²) >= 11 is 0. The standard InChI is InChI=1S/C16H14O/c1-13-6-5-7-14(12-13)10-11-16(17)15-8-3-2-4-9-15/h2-12H,1H3/b11-10+. The number of carbonyl (C=O) groups excluding carboxylic acids is 1. The topological polar surface area (TPSA) is 17.1 Å².